The molecular weight excluding hydrogens is 332 g/mol. The first kappa shape index (κ1) is 22.4. The Morgan fingerprint density at radius 3 is 1.92 bits per heavy atom. The summed E-state index contributed by atoms with van der Waals surface area (Å²) in [4.78, 5) is 0. The molecule has 0 fully saturated rings. The van der Waals surface area contributed by atoms with Crippen molar-refractivity contribution >= 4 is 10.1 Å². The van der Waals surface area contributed by atoms with Gasteiger partial charge in [0.25, 0.3) is 10.1 Å². The molecule has 0 bridgehead atoms. The Morgan fingerprint density at radius 2 is 1.40 bits per heavy atom. The quantitative estimate of drug-likeness (QED) is 0.271. The van der Waals surface area contributed by atoms with Crippen LogP contribution in [0.4, 0.5) is 0 Å². The van der Waals surface area contributed by atoms with E-state index >= 15 is 0 Å². The minimum Gasteiger partial charge on any atom is -0.269 e. The Balaban J connectivity index is 2.08. The van der Waals surface area contributed by atoms with E-state index in [9.17, 15) is 8.42 Å². The van der Waals surface area contributed by atoms with E-state index in [1.165, 1.54) is 57.8 Å². The van der Waals surface area contributed by atoms with Crippen LogP contribution in [0.5, 0.6) is 0 Å². The maximum atomic E-state index is 12.5. The minimum atomic E-state index is -3.58. The summed E-state index contributed by atoms with van der Waals surface area (Å²) in [6.07, 6.45) is 21.1. The molecule has 0 N–H and O–H groups in total. The van der Waals surface area contributed by atoms with Gasteiger partial charge in [-0.05, 0) is 19.3 Å². The molecule has 0 aromatic rings. The molecule has 0 aromatic heterocycles. The first-order valence-electron chi connectivity index (χ1n) is 10.2. The molecule has 1 aliphatic carbocycles. The van der Waals surface area contributed by atoms with Crippen molar-refractivity contribution in [3.05, 3.63) is 24.3 Å². The van der Waals surface area contributed by atoms with Crippen molar-refractivity contribution in [3.8, 4) is 0 Å². The van der Waals surface area contributed by atoms with Gasteiger partial charge in [-0.3, -0.25) is 4.18 Å². The van der Waals surface area contributed by atoms with Crippen LogP contribution in [-0.4, -0.2) is 19.8 Å². The number of allylic oxidation sites excluding steroid dienone is 3. The van der Waals surface area contributed by atoms with E-state index in [2.05, 4.69) is 6.92 Å². The highest BCUT2D eigenvalue weighted by Gasteiger charge is 2.42. The summed E-state index contributed by atoms with van der Waals surface area (Å²) in [7, 11) is -3.58. The van der Waals surface area contributed by atoms with E-state index in [4.69, 9.17) is 4.18 Å². The number of hydrogen-bond acceptors (Lipinski definition) is 3. The Morgan fingerprint density at radius 1 is 0.880 bits per heavy atom. The molecule has 4 heteroatoms. The average molecular weight is 371 g/mol. The van der Waals surface area contributed by atoms with Crippen molar-refractivity contribution in [2.45, 2.75) is 96.1 Å². The zero-order valence-electron chi connectivity index (χ0n) is 16.5. The van der Waals surface area contributed by atoms with E-state index in [1.54, 1.807) is 19.1 Å². The molecule has 0 radical (unpaired) electrons. The lowest BCUT2D eigenvalue weighted by molar-refractivity contribution is 0.288. The molecule has 146 valence electrons. The van der Waals surface area contributed by atoms with Crippen LogP contribution in [0.3, 0.4) is 0 Å². The lowest BCUT2D eigenvalue weighted by atomic mass is 9.91. The second-order valence-electron chi connectivity index (χ2n) is 7.53. The van der Waals surface area contributed by atoms with Gasteiger partial charge in [0.1, 0.15) is 4.75 Å². The number of unbranched alkanes of at least 4 members (excludes halogenated alkanes) is 10. The fourth-order valence-electron chi connectivity index (χ4n) is 3.19. The van der Waals surface area contributed by atoms with Crippen LogP contribution in [0.1, 0.15) is 91.4 Å². The summed E-state index contributed by atoms with van der Waals surface area (Å²) in [6.45, 7) is 6.22. The third kappa shape index (κ3) is 7.65. The van der Waals surface area contributed by atoms with Crippen LogP contribution < -0.4 is 0 Å². The van der Waals surface area contributed by atoms with Crippen molar-refractivity contribution in [1.29, 1.82) is 0 Å². The lowest BCUT2D eigenvalue weighted by Crippen LogP contribution is -2.41. The van der Waals surface area contributed by atoms with Gasteiger partial charge in [0.2, 0.25) is 0 Å². The van der Waals surface area contributed by atoms with Crippen LogP contribution in [-0.2, 0) is 14.3 Å². The molecular formula is C21H38O3S. The molecule has 2 atom stereocenters. The smallest absolute Gasteiger partial charge is 0.269 e. The maximum absolute atomic E-state index is 12.5. The van der Waals surface area contributed by atoms with E-state index in [0.29, 0.717) is 6.61 Å². The molecule has 0 aliphatic heterocycles. The Labute approximate surface area is 156 Å². The Kier molecular flexibility index (Phi) is 10.7. The van der Waals surface area contributed by atoms with Crippen molar-refractivity contribution in [2.75, 3.05) is 6.61 Å². The molecule has 0 aromatic carbocycles. The zero-order chi connectivity index (χ0) is 18.6. The third-order valence-electron chi connectivity index (χ3n) is 5.37. The van der Waals surface area contributed by atoms with Gasteiger partial charge in [0.05, 0.1) is 6.61 Å². The van der Waals surface area contributed by atoms with Crippen LogP contribution >= 0.6 is 0 Å². The second-order valence-corrected chi connectivity index (χ2v) is 9.55. The summed E-state index contributed by atoms with van der Waals surface area (Å²) in [5.41, 5.74) is 0. The van der Waals surface area contributed by atoms with Gasteiger partial charge < -0.3 is 0 Å². The van der Waals surface area contributed by atoms with Gasteiger partial charge in [-0.1, -0.05) is 102 Å². The fourth-order valence-corrected chi connectivity index (χ4v) is 4.56. The van der Waals surface area contributed by atoms with Gasteiger partial charge in [0.15, 0.2) is 0 Å². The SMILES string of the molecule is CCCCCCCCCCCCCOS(=O)(=O)C1(C)C=CC=CC1C. The summed E-state index contributed by atoms with van der Waals surface area (Å²) >= 11 is 0. The fraction of sp³-hybridized carbons (Fsp3) is 0.810. The predicted molar refractivity (Wildman–Crippen MR) is 107 cm³/mol. The van der Waals surface area contributed by atoms with Gasteiger partial charge in [0, 0.05) is 0 Å². The van der Waals surface area contributed by atoms with Gasteiger partial charge in [-0.25, -0.2) is 0 Å². The largest absolute Gasteiger partial charge is 0.277 e. The number of rotatable bonds is 14. The topological polar surface area (TPSA) is 43.4 Å². The highest BCUT2D eigenvalue weighted by Crippen LogP contribution is 2.33. The Hall–Kier alpha value is -0.610. The summed E-state index contributed by atoms with van der Waals surface area (Å²) in [5, 5.41) is 0. The van der Waals surface area contributed by atoms with E-state index in [0.717, 1.165) is 12.8 Å². The van der Waals surface area contributed by atoms with Gasteiger partial charge in [-0.15, -0.1) is 0 Å². The first-order chi connectivity index (χ1) is 11.9. The maximum Gasteiger partial charge on any atom is 0.277 e. The summed E-state index contributed by atoms with van der Waals surface area (Å²) in [5.74, 6) is -0.0696. The van der Waals surface area contributed by atoms with Crippen molar-refractivity contribution in [3.63, 3.8) is 0 Å². The summed E-state index contributed by atoms with van der Waals surface area (Å²) < 4.78 is 29.4. The Bertz CT molecular complexity index is 507. The van der Waals surface area contributed by atoms with Crippen LogP contribution in [0.25, 0.3) is 0 Å². The minimum absolute atomic E-state index is 0.0696. The van der Waals surface area contributed by atoms with Crippen molar-refractivity contribution in [1.82, 2.24) is 0 Å². The van der Waals surface area contributed by atoms with Crippen LogP contribution in [0.2, 0.25) is 0 Å². The first-order valence-corrected chi connectivity index (χ1v) is 11.6. The third-order valence-corrected chi connectivity index (χ3v) is 7.43. The molecule has 0 saturated carbocycles. The van der Waals surface area contributed by atoms with Crippen molar-refractivity contribution < 1.29 is 12.6 Å². The van der Waals surface area contributed by atoms with Crippen LogP contribution in [0, 0.1) is 5.92 Å². The van der Waals surface area contributed by atoms with Crippen LogP contribution in [0.15, 0.2) is 24.3 Å². The van der Waals surface area contributed by atoms with Crippen molar-refractivity contribution in [2.24, 2.45) is 5.92 Å². The average Bonchev–Trinajstić information content (AvgIpc) is 2.58. The molecule has 3 nitrogen and oxygen atoms in total. The predicted octanol–water partition coefficient (Wildman–Crippen LogP) is 6.16. The molecule has 1 aliphatic rings. The molecule has 0 saturated heterocycles. The van der Waals surface area contributed by atoms with Gasteiger partial charge >= 0.3 is 0 Å². The molecule has 2 unspecified atom stereocenters. The van der Waals surface area contributed by atoms with E-state index < -0.39 is 14.9 Å². The monoisotopic (exact) mass is 370 g/mol. The molecule has 0 amide bonds. The standard InChI is InChI=1S/C21H38O3S/c1-4-5-6-7-8-9-10-11-12-13-16-19-24-25(22,23)21(3)18-15-14-17-20(21)2/h14-15,17-18,20H,4-13,16,19H2,1-3H3. The molecule has 1 rings (SSSR count). The molecule has 0 heterocycles. The highest BCUT2D eigenvalue weighted by molar-refractivity contribution is 7.88. The second kappa shape index (κ2) is 11.9. The summed E-state index contributed by atoms with van der Waals surface area (Å²) in [6, 6.07) is 0. The van der Waals surface area contributed by atoms with E-state index in [-0.39, 0.29) is 5.92 Å². The zero-order valence-corrected chi connectivity index (χ0v) is 17.3. The molecule has 25 heavy (non-hydrogen) atoms. The lowest BCUT2D eigenvalue weighted by Gasteiger charge is -2.31. The highest BCUT2D eigenvalue weighted by atomic mass is 32.2. The molecule has 0 spiro atoms. The van der Waals surface area contributed by atoms with Gasteiger partial charge in [-0.2, -0.15) is 8.42 Å². The van der Waals surface area contributed by atoms with E-state index in [1.807, 2.05) is 19.1 Å². The number of hydrogen-bond donors (Lipinski definition) is 0. The normalized spacial score (nSPS) is 23.2.